The molecule has 1 aromatic carbocycles. The van der Waals surface area contributed by atoms with E-state index in [0.29, 0.717) is 22.6 Å². The van der Waals surface area contributed by atoms with E-state index in [9.17, 15) is 19.7 Å². The number of hydrogen-bond donors (Lipinski definition) is 0. The first-order valence-corrected chi connectivity index (χ1v) is 8.28. The lowest BCUT2D eigenvalue weighted by Crippen LogP contribution is -2.52. The van der Waals surface area contributed by atoms with Gasteiger partial charge >= 0.3 is 0 Å². The highest BCUT2D eigenvalue weighted by molar-refractivity contribution is 7.80. The van der Waals surface area contributed by atoms with Crippen LogP contribution in [0.15, 0.2) is 40.3 Å². The highest BCUT2D eigenvalue weighted by Gasteiger charge is 2.35. The number of aryl methyl sites for hydroxylation is 1. The first-order chi connectivity index (χ1) is 12.7. The van der Waals surface area contributed by atoms with E-state index in [2.05, 4.69) is 0 Å². The molecule has 1 aliphatic heterocycles. The molecular formula is C18H15N3O5S. The summed E-state index contributed by atoms with van der Waals surface area (Å²) in [6.07, 6.45) is 1.36. The maximum atomic E-state index is 12.3. The molecule has 2 amide bonds. The zero-order valence-electron chi connectivity index (χ0n) is 14.8. The zero-order valence-corrected chi connectivity index (χ0v) is 15.6. The van der Waals surface area contributed by atoms with E-state index in [-0.39, 0.29) is 16.4 Å². The second-order valence-electron chi connectivity index (χ2n) is 6.03. The Morgan fingerprint density at radius 3 is 2.30 bits per heavy atom. The molecule has 0 radical (unpaired) electrons. The van der Waals surface area contributed by atoms with E-state index in [1.807, 2.05) is 0 Å². The van der Waals surface area contributed by atoms with Crippen LogP contribution in [0.4, 0.5) is 5.69 Å². The number of hydrogen-bond acceptors (Lipinski definition) is 6. The van der Waals surface area contributed by atoms with Gasteiger partial charge in [0.25, 0.3) is 17.5 Å². The van der Waals surface area contributed by atoms with Gasteiger partial charge in [-0.25, -0.2) is 0 Å². The van der Waals surface area contributed by atoms with E-state index in [4.69, 9.17) is 16.6 Å². The van der Waals surface area contributed by atoms with E-state index in [1.54, 1.807) is 25.1 Å². The number of benzene rings is 1. The first kappa shape index (κ1) is 18.5. The minimum absolute atomic E-state index is 0.00871. The summed E-state index contributed by atoms with van der Waals surface area (Å²) in [5.74, 6) is -0.226. The molecule has 3 rings (SSSR count). The van der Waals surface area contributed by atoms with Crippen molar-refractivity contribution in [2.75, 3.05) is 14.1 Å². The van der Waals surface area contributed by atoms with Crippen molar-refractivity contribution < 1.29 is 18.9 Å². The van der Waals surface area contributed by atoms with Crippen molar-refractivity contribution in [1.82, 2.24) is 9.80 Å². The molecule has 138 valence electrons. The van der Waals surface area contributed by atoms with Gasteiger partial charge in [-0.3, -0.25) is 29.5 Å². The second-order valence-corrected chi connectivity index (χ2v) is 6.39. The minimum Gasteiger partial charge on any atom is -0.457 e. The third-order valence-electron chi connectivity index (χ3n) is 4.24. The highest BCUT2D eigenvalue weighted by atomic mass is 32.1. The molecule has 0 atom stereocenters. The average Bonchev–Trinajstić information content (AvgIpc) is 3.10. The summed E-state index contributed by atoms with van der Waals surface area (Å²) in [7, 11) is 2.99. The van der Waals surface area contributed by atoms with Gasteiger partial charge in [0, 0.05) is 31.8 Å². The fraction of sp³-hybridized carbons (Fsp3) is 0.167. The van der Waals surface area contributed by atoms with Gasteiger partial charge in [0.1, 0.15) is 17.1 Å². The Kier molecular flexibility index (Phi) is 4.63. The number of carbonyl (C=O) groups excluding carboxylic acids is 2. The SMILES string of the molecule is Cc1cc([N+](=O)[O-])ccc1-c1ccc(C=C2C(=O)N(C)C(=S)N(C)C2=O)o1. The Morgan fingerprint density at radius 2 is 1.74 bits per heavy atom. The Labute approximate surface area is 159 Å². The molecular weight excluding hydrogens is 370 g/mol. The van der Waals surface area contributed by atoms with Crippen molar-refractivity contribution in [1.29, 1.82) is 0 Å². The lowest BCUT2D eigenvalue weighted by molar-refractivity contribution is -0.384. The van der Waals surface area contributed by atoms with Crippen LogP contribution < -0.4 is 0 Å². The number of amides is 2. The highest BCUT2D eigenvalue weighted by Crippen LogP contribution is 2.29. The fourth-order valence-corrected chi connectivity index (χ4v) is 2.90. The van der Waals surface area contributed by atoms with Crippen molar-refractivity contribution >= 4 is 40.9 Å². The van der Waals surface area contributed by atoms with Crippen molar-refractivity contribution in [2.24, 2.45) is 0 Å². The summed E-state index contributed by atoms with van der Waals surface area (Å²) in [4.78, 5) is 37.5. The number of likely N-dealkylation sites (N-methyl/N-ethyl adjacent to an activating group) is 2. The lowest BCUT2D eigenvalue weighted by Gasteiger charge is -2.31. The summed E-state index contributed by atoms with van der Waals surface area (Å²) < 4.78 is 5.73. The standard InChI is InChI=1S/C18H15N3O5S/c1-10-8-11(21(24)25)4-6-13(10)15-7-5-12(26-15)9-14-16(22)19(2)18(27)20(3)17(14)23/h4-9H,1-3H3. The zero-order chi connectivity index (χ0) is 19.9. The van der Waals surface area contributed by atoms with Gasteiger partial charge in [0.2, 0.25) is 0 Å². The number of non-ortho nitro benzene ring substituents is 1. The van der Waals surface area contributed by atoms with Gasteiger partial charge in [-0.1, -0.05) is 0 Å². The molecule has 0 saturated carbocycles. The molecule has 0 unspecified atom stereocenters. The number of nitro groups is 1. The smallest absolute Gasteiger partial charge is 0.269 e. The van der Waals surface area contributed by atoms with E-state index >= 15 is 0 Å². The number of rotatable bonds is 3. The third-order valence-corrected chi connectivity index (χ3v) is 4.79. The monoisotopic (exact) mass is 385 g/mol. The van der Waals surface area contributed by atoms with Crippen molar-refractivity contribution in [2.45, 2.75) is 6.92 Å². The molecule has 1 aliphatic rings. The minimum atomic E-state index is -0.507. The van der Waals surface area contributed by atoms with Gasteiger partial charge in [0.15, 0.2) is 5.11 Å². The maximum Gasteiger partial charge on any atom is 0.269 e. The van der Waals surface area contributed by atoms with Gasteiger partial charge in [0.05, 0.1) is 4.92 Å². The summed E-state index contributed by atoms with van der Waals surface area (Å²) in [5, 5.41) is 11.0. The van der Waals surface area contributed by atoms with Crippen LogP contribution in [-0.2, 0) is 9.59 Å². The number of nitrogens with zero attached hydrogens (tertiary/aromatic N) is 3. The van der Waals surface area contributed by atoms with E-state index < -0.39 is 16.7 Å². The quantitative estimate of drug-likeness (QED) is 0.265. The van der Waals surface area contributed by atoms with Crippen LogP contribution in [0.1, 0.15) is 11.3 Å². The van der Waals surface area contributed by atoms with Crippen LogP contribution >= 0.6 is 12.2 Å². The number of thiocarbonyl (C=S) groups is 1. The molecule has 27 heavy (non-hydrogen) atoms. The molecule has 0 spiro atoms. The molecule has 2 aromatic rings. The molecule has 2 heterocycles. The van der Waals surface area contributed by atoms with Crippen LogP contribution in [0, 0.1) is 17.0 Å². The number of carbonyl (C=O) groups is 2. The van der Waals surface area contributed by atoms with Gasteiger partial charge in [-0.2, -0.15) is 0 Å². The van der Waals surface area contributed by atoms with Gasteiger partial charge in [-0.05, 0) is 49.0 Å². The Hall–Kier alpha value is -3.33. The predicted octanol–water partition coefficient (Wildman–Crippen LogP) is 2.76. The van der Waals surface area contributed by atoms with Crippen LogP contribution in [-0.4, -0.2) is 45.7 Å². The molecule has 0 aliphatic carbocycles. The maximum absolute atomic E-state index is 12.3. The van der Waals surface area contributed by atoms with Crippen LogP contribution in [0.3, 0.4) is 0 Å². The Balaban J connectivity index is 1.96. The second kappa shape index (κ2) is 6.76. The third kappa shape index (κ3) is 3.24. The molecule has 9 heteroatoms. The molecule has 1 saturated heterocycles. The fourth-order valence-electron chi connectivity index (χ4n) is 2.73. The van der Waals surface area contributed by atoms with Gasteiger partial charge in [-0.15, -0.1) is 0 Å². The predicted molar refractivity (Wildman–Crippen MR) is 102 cm³/mol. The van der Waals surface area contributed by atoms with Crippen molar-refractivity contribution in [3.63, 3.8) is 0 Å². The van der Waals surface area contributed by atoms with Crippen LogP contribution in [0.2, 0.25) is 0 Å². The van der Waals surface area contributed by atoms with Gasteiger partial charge < -0.3 is 4.42 Å². The van der Waals surface area contributed by atoms with E-state index in [0.717, 1.165) is 0 Å². The number of nitro benzene ring substituents is 1. The Morgan fingerprint density at radius 1 is 1.11 bits per heavy atom. The summed E-state index contributed by atoms with van der Waals surface area (Å²) in [6, 6.07) is 7.74. The summed E-state index contributed by atoms with van der Waals surface area (Å²) in [6.45, 7) is 1.74. The largest absolute Gasteiger partial charge is 0.457 e. The van der Waals surface area contributed by atoms with Crippen molar-refractivity contribution in [3.8, 4) is 11.3 Å². The lowest BCUT2D eigenvalue weighted by atomic mass is 10.1. The van der Waals surface area contributed by atoms with Crippen LogP contribution in [0.25, 0.3) is 17.4 Å². The average molecular weight is 385 g/mol. The van der Waals surface area contributed by atoms with Crippen LogP contribution in [0.5, 0.6) is 0 Å². The molecule has 1 fully saturated rings. The summed E-state index contributed by atoms with van der Waals surface area (Å²) >= 11 is 5.05. The molecule has 1 aromatic heterocycles. The molecule has 8 nitrogen and oxygen atoms in total. The topological polar surface area (TPSA) is 96.9 Å². The Bertz CT molecular complexity index is 998. The molecule has 0 N–H and O–H groups in total. The van der Waals surface area contributed by atoms with E-state index in [1.165, 1.54) is 42.1 Å². The summed E-state index contributed by atoms with van der Waals surface area (Å²) in [5.41, 5.74) is 1.29. The molecule has 0 bridgehead atoms. The van der Waals surface area contributed by atoms with Crippen molar-refractivity contribution in [3.05, 3.63) is 57.3 Å². The number of furan rings is 1. The first-order valence-electron chi connectivity index (χ1n) is 7.87. The normalized spacial score (nSPS) is 14.8.